The number of carboxylic acid groups (broad SMARTS) is 1. The molecule has 0 aromatic heterocycles. The number of hydrogen-bond acceptors (Lipinski definition) is 3. The van der Waals surface area contributed by atoms with Gasteiger partial charge in [0.2, 0.25) is 0 Å². The number of alkyl carbamates (subject to hydrolysis) is 1. The summed E-state index contributed by atoms with van der Waals surface area (Å²) < 4.78 is 43.0. The number of carbonyl (C=O) groups excluding carboxylic acids is 1. The summed E-state index contributed by atoms with van der Waals surface area (Å²) in [6.07, 6.45) is -5.10. The number of carboxylic acids is 1. The van der Waals surface area contributed by atoms with Crippen LogP contribution in [0.3, 0.4) is 0 Å². The number of benzene rings is 2. The minimum absolute atomic E-state index is 0.0350. The van der Waals surface area contributed by atoms with E-state index in [1.807, 2.05) is 30.3 Å². The zero-order valence-electron chi connectivity index (χ0n) is 14.5. The molecule has 0 spiro atoms. The van der Waals surface area contributed by atoms with Gasteiger partial charge in [-0.15, -0.1) is 0 Å². The molecule has 0 aliphatic rings. The third-order valence-electron chi connectivity index (χ3n) is 3.53. The van der Waals surface area contributed by atoms with Gasteiger partial charge in [0.05, 0.1) is 11.1 Å². The monoisotopic (exact) mass is 391 g/mol. The van der Waals surface area contributed by atoms with Gasteiger partial charge in [-0.1, -0.05) is 42.2 Å². The highest BCUT2D eigenvalue weighted by Crippen LogP contribution is 2.30. The minimum Gasteiger partial charge on any atom is -0.478 e. The molecule has 1 amide bonds. The third kappa shape index (κ3) is 6.36. The molecule has 0 saturated heterocycles. The van der Waals surface area contributed by atoms with Crippen LogP contribution in [0, 0.1) is 11.8 Å². The zero-order chi connectivity index (χ0) is 20.6. The standard InChI is InChI=1S/C20H16F3NO4/c21-20(22,23)16-10-9-15(17(12-16)18(25)26)8-4-5-11-24-19(27)28-13-14-6-2-1-3-7-14/h1-3,6-7,9-10,12H,5,11,13H2,(H,24,27)(H,25,26). The molecular formula is C20H16F3NO4. The molecule has 0 aliphatic carbocycles. The van der Waals surface area contributed by atoms with Crippen molar-refractivity contribution in [3.8, 4) is 11.8 Å². The van der Waals surface area contributed by atoms with Crippen molar-refractivity contribution in [3.63, 3.8) is 0 Å². The Hall–Kier alpha value is -3.47. The van der Waals surface area contributed by atoms with E-state index in [4.69, 9.17) is 9.84 Å². The summed E-state index contributed by atoms with van der Waals surface area (Å²) in [7, 11) is 0. The first-order valence-electron chi connectivity index (χ1n) is 8.15. The van der Waals surface area contributed by atoms with Gasteiger partial charge in [-0.05, 0) is 23.8 Å². The van der Waals surface area contributed by atoms with E-state index in [0.29, 0.717) is 6.07 Å². The Kier molecular flexibility index (Phi) is 7.04. The molecule has 5 nitrogen and oxygen atoms in total. The Bertz CT molecular complexity index is 899. The zero-order valence-corrected chi connectivity index (χ0v) is 14.5. The number of rotatable bonds is 5. The van der Waals surface area contributed by atoms with Crippen molar-refractivity contribution in [3.05, 3.63) is 70.8 Å². The maximum absolute atomic E-state index is 12.7. The van der Waals surface area contributed by atoms with Gasteiger partial charge < -0.3 is 15.2 Å². The molecule has 0 atom stereocenters. The fourth-order valence-electron chi connectivity index (χ4n) is 2.17. The molecule has 0 aliphatic heterocycles. The Morgan fingerprint density at radius 1 is 1.11 bits per heavy atom. The Morgan fingerprint density at radius 3 is 2.46 bits per heavy atom. The van der Waals surface area contributed by atoms with Crippen molar-refractivity contribution in [2.45, 2.75) is 19.2 Å². The maximum Gasteiger partial charge on any atom is 0.416 e. The van der Waals surface area contributed by atoms with Crippen LogP contribution in [0.2, 0.25) is 0 Å². The fraction of sp³-hybridized carbons (Fsp3) is 0.200. The summed E-state index contributed by atoms with van der Waals surface area (Å²) in [5, 5.41) is 11.6. The summed E-state index contributed by atoms with van der Waals surface area (Å²) in [5.74, 6) is 3.63. The van der Waals surface area contributed by atoms with Gasteiger partial charge in [0.1, 0.15) is 6.61 Å². The van der Waals surface area contributed by atoms with Crippen LogP contribution in [-0.4, -0.2) is 23.7 Å². The summed E-state index contributed by atoms with van der Waals surface area (Å²) in [6, 6.07) is 11.4. The average molecular weight is 391 g/mol. The Morgan fingerprint density at radius 2 is 1.82 bits per heavy atom. The first-order valence-corrected chi connectivity index (χ1v) is 8.15. The predicted octanol–water partition coefficient (Wildman–Crippen LogP) is 4.07. The van der Waals surface area contributed by atoms with Gasteiger partial charge in [-0.2, -0.15) is 13.2 Å². The fourth-order valence-corrected chi connectivity index (χ4v) is 2.17. The lowest BCUT2D eigenvalue weighted by Gasteiger charge is -2.08. The van der Waals surface area contributed by atoms with E-state index in [9.17, 15) is 22.8 Å². The molecule has 8 heteroatoms. The summed E-state index contributed by atoms with van der Waals surface area (Å²) in [4.78, 5) is 22.7. The molecule has 146 valence electrons. The number of halogens is 3. The summed E-state index contributed by atoms with van der Waals surface area (Å²) in [5.41, 5.74) is -0.788. The topological polar surface area (TPSA) is 75.6 Å². The van der Waals surface area contributed by atoms with E-state index < -0.39 is 29.4 Å². The van der Waals surface area contributed by atoms with E-state index in [0.717, 1.165) is 17.7 Å². The first kappa shape index (κ1) is 20.8. The van der Waals surface area contributed by atoms with E-state index in [2.05, 4.69) is 17.2 Å². The molecule has 0 saturated carbocycles. The van der Waals surface area contributed by atoms with Crippen molar-refractivity contribution in [2.24, 2.45) is 0 Å². The quantitative estimate of drug-likeness (QED) is 0.595. The van der Waals surface area contributed by atoms with Gasteiger partial charge in [0.15, 0.2) is 0 Å². The molecule has 0 unspecified atom stereocenters. The van der Waals surface area contributed by atoms with Gasteiger partial charge in [0.25, 0.3) is 0 Å². The summed E-state index contributed by atoms with van der Waals surface area (Å²) in [6.45, 7) is 0.259. The first-order chi connectivity index (χ1) is 13.3. The number of aromatic carboxylic acids is 1. The second-order valence-corrected chi connectivity index (χ2v) is 5.60. The second-order valence-electron chi connectivity index (χ2n) is 5.60. The van der Waals surface area contributed by atoms with Crippen LogP contribution in [0.4, 0.5) is 18.0 Å². The van der Waals surface area contributed by atoms with Crippen molar-refractivity contribution in [2.75, 3.05) is 6.54 Å². The number of hydrogen-bond donors (Lipinski definition) is 2. The number of amides is 1. The van der Waals surface area contributed by atoms with Crippen LogP contribution in [0.25, 0.3) is 0 Å². The highest BCUT2D eigenvalue weighted by Gasteiger charge is 2.31. The molecule has 2 aromatic rings. The number of alkyl halides is 3. The Balaban J connectivity index is 1.87. The molecule has 2 rings (SSSR count). The molecule has 2 aromatic carbocycles. The highest BCUT2D eigenvalue weighted by molar-refractivity contribution is 5.91. The van der Waals surface area contributed by atoms with Crippen LogP contribution < -0.4 is 5.32 Å². The molecule has 28 heavy (non-hydrogen) atoms. The van der Waals surface area contributed by atoms with Crippen LogP contribution >= 0.6 is 0 Å². The molecule has 0 heterocycles. The lowest BCUT2D eigenvalue weighted by atomic mass is 10.0. The molecule has 0 radical (unpaired) electrons. The molecule has 0 fully saturated rings. The van der Waals surface area contributed by atoms with Crippen molar-refractivity contribution in [1.82, 2.24) is 5.32 Å². The van der Waals surface area contributed by atoms with Crippen LogP contribution in [0.5, 0.6) is 0 Å². The minimum atomic E-state index is -4.64. The number of ether oxygens (including phenoxy) is 1. The van der Waals surface area contributed by atoms with Gasteiger partial charge in [-0.25, -0.2) is 9.59 Å². The highest BCUT2D eigenvalue weighted by atomic mass is 19.4. The average Bonchev–Trinajstić information content (AvgIpc) is 2.66. The van der Waals surface area contributed by atoms with E-state index in [-0.39, 0.29) is 25.1 Å². The van der Waals surface area contributed by atoms with E-state index >= 15 is 0 Å². The predicted molar refractivity (Wildman–Crippen MR) is 94.5 cm³/mol. The van der Waals surface area contributed by atoms with E-state index in [1.165, 1.54) is 0 Å². The second kappa shape index (κ2) is 9.46. The molecular weight excluding hydrogens is 375 g/mol. The SMILES string of the molecule is O=C(NCCC#Cc1ccc(C(F)(F)F)cc1C(=O)O)OCc1ccccc1. The maximum atomic E-state index is 12.7. The van der Waals surface area contributed by atoms with Gasteiger partial charge in [-0.3, -0.25) is 0 Å². The molecule has 2 N–H and O–H groups in total. The normalized spacial score (nSPS) is 10.5. The number of carbonyl (C=O) groups is 2. The molecule has 0 bridgehead atoms. The van der Waals surface area contributed by atoms with Crippen molar-refractivity contribution < 1.29 is 32.6 Å². The largest absolute Gasteiger partial charge is 0.478 e. The lowest BCUT2D eigenvalue weighted by Crippen LogP contribution is -2.24. The van der Waals surface area contributed by atoms with Crippen LogP contribution in [-0.2, 0) is 17.5 Å². The van der Waals surface area contributed by atoms with Crippen molar-refractivity contribution in [1.29, 1.82) is 0 Å². The van der Waals surface area contributed by atoms with Crippen LogP contribution in [0.15, 0.2) is 48.5 Å². The third-order valence-corrected chi connectivity index (χ3v) is 3.53. The van der Waals surface area contributed by atoms with E-state index in [1.54, 1.807) is 0 Å². The van der Waals surface area contributed by atoms with Crippen molar-refractivity contribution >= 4 is 12.1 Å². The van der Waals surface area contributed by atoms with Crippen LogP contribution in [0.1, 0.15) is 33.5 Å². The number of nitrogens with one attached hydrogen (secondary N) is 1. The Labute approximate surface area is 159 Å². The van der Waals surface area contributed by atoms with Gasteiger partial charge >= 0.3 is 18.2 Å². The van der Waals surface area contributed by atoms with Gasteiger partial charge in [0, 0.05) is 18.5 Å². The lowest BCUT2D eigenvalue weighted by molar-refractivity contribution is -0.137. The summed E-state index contributed by atoms with van der Waals surface area (Å²) >= 11 is 0. The smallest absolute Gasteiger partial charge is 0.416 e.